The van der Waals surface area contributed by atoms with Crippen LogP contribution >= 0.6 is 15.9 Å². The van der Waals surface area contributed by atoms with E-state index in [2.05, 4.69) is 15.9 Å². The minimum atomic E-state index is -0.537. The maximum atomic E-state index is 12.4. The molecule has 0 atom stereocenters. The van der Waals surface area contributed by atoms with E-state index in [4.69, 9.17) is 4.42 Å². The first-order valence-corrected chi connectivity index (χ1v) is 6.46. The first kappa shape index (κ1) is 12.8. The second-order valence-corrected chi connectivity index (χ2v) is 5.24. The molecule has 0 bridgehead atoms. The zero-order chi connectivity index (χ0) is 14.6. The third-order valence-electron chi connectivity index (χ3n) is 3.13. The Morgan fingerprint density at radius 1 is 1.20 bits per heavy atom. The molecule has 1 heterocycles. The van der Waals surface area contributed by atoms with Gasteiger partial charge in [0.1, 0.15) is 5.75 Å². The van der Waals surface area contributed by atoms with Crippen LogP contribution in [0.4, 0.5) is 0 Å². The standard InChI is InChI=1S/C14H7BrO5/c1-5(16)9-4-7-11(17)10-6(12(18)14(7)20-9)2-3-8(15)13(10)19/h2-4,19H,1H3. The second kappa shape index (κ2) is 4.14. The molecule has 0 unspecified atom stereocenters. The summed E-state index contributed by atoms with van der Waals surface area (Å²) in [6, 6.07) is 4.14. The fourth-order valence-electron chi connectivity index (χ4n) is 2.14. The van der Waals surface area contributed by atoms with Gasteiger partial charge in [0.15, 0.2) is 17.3 Å². The predicted molar refractivity (Wildman–Crippen MR) is 71.4 cm³/mol. The van der Waals surface area contributed by atoms with Crippen molar-refractivity contribution in [3.63, 3.8) is 0 Å². The number of phenols is 1. The van der Waals surface area contributed by atoms with Gasteiger partial charge < -0.3 is 9.52 Å². The van der Waals surface area contributed by atoms with Crippen molar-refractivity contribution in [1.29, 1.82) is 0 Å². The summed E-state index contributed by atoms with van der Waals surface area (Å²) in [7, 11) is 0. The van der Waals surface area contributed by atoms with E-state index in [0.29, 0.717) is 4.47 Å². The van der Waals surface area contributed by atoms with Crippen LogP contribution < -0.4 is 0 Å². The Kier molecular flexibility index (Phi) is 2.65. The van der Waals surface area contributed by atoms with Crippen LogP contribution in [0.5, 0.6) is 5.75 Å². The Bertz CT molecular complexity index is 800. The molecule has 0 fully saturated rings. The smallest absolute Gasteiger partial charge is 0.229 e. The summed E-state index contributed by atoms with van der Waals surface area (Å²) in [4.78, 5) is 35.9. The molecule has 20 heavy (non-hydrogen) atoms. The normalized spacial score (nSPS) is 13.1. The van der Waals surface area contributed by atoms with Gasteiger partial charge in [-0.15, -0.1) is 0 Å². The van der Waals surface area contributed by atoms with Crippen LogP contribution in [-0.4, -0.2) is 22.5 Å². The highest BCUT2D eigenvalue weighted by molar-refractivity contribution is 9.10. The summed E-state index contributed by atoms with van der Waals surface area (Å²) in [5.41, 5.74) is -0.0125. The monoisotopic (exact) mass is 334 g/mol. The summed E-state index contributed by atoms with van der Waals surface area (Å²) in [6.07, 6.45) is 0. The number of aromatic hydroxyl groups is 1. The topological polar surface area (TPSA) is 84.6 Å². The van der Waals surface area contributed by atoms with Crippen molar-refractivity contribution in [1.82, 2.24) is 0 Å². The SMILES string of the molecule is CC(=O)c1cc2c(o1)C(=O)c1ccc(Br)c(O)c1C2=O. The number of phenolic OH excluding ortho intramolecular Hbond substituents is 1. The number of carbonyl (C=O) groups excluding carboxylic acids is 3. The molecule has 1 aliphatic rings. The number of halogens is 1. The molecule has 0 aliphatic heterocycles. The number of Topliss-reactive ketones (excluding diaryl/α,β-unsaturated/α-hetero) is 1. The lowest BCUT2D eigenvalue weighted by atomic mass is 9.88. The van der Waals surface area contributed by atoms with E-state index in [1.54, 1.807) is 0 Å². The molecule has 1 N–H and O–H groups in total. The van der Waals surface area contributed by atoms with E-state index in [0.717, 1.165) is 0 Å². The van der Waals surface area contributed by atoms with E-state index < -0.39 is 11.6 Å². The Balaban J connectivity index is 2.31. The lowest BCUT2D eigenvalue weighted by Gasteiger charge is -2.14. The maximum absolute atomic E-state index is 12.4. The van der Waals surface area contributed by atoms with Gasteiger partial charge in [0.05, 0.1) is 15.6 Å². The van der Waals surface area contributed by atoms with Crippen LogP contribution in [-0.2, 0) is 0 Å². The minimum absolute atomic E-state index is 0.00102. The van der Waals surface area contributed by atoms with E-state index in [9.17, 15) is 19.5 Å². The van der Waals surface area contributed by atoms with Gasteiger partial charge in [-0.05, 0) is 34.1 Å². The third kappa shape index (κ3) is 1.58. The molecule has 0 saturated carbocycles. The zero-order valence-corrected chi connectivity index (χ0v) is 11.8. The summed E-state index contributed by atoms with van der Waals surface area (Å²) >= 11 is 3.10. The molecule has 1 aliphatic carbocycles. The molecule has 2 aromatic rings. The highest BCUT2D eigenvalue weighted by Crippen LogP contribution is 2.38. The number of furan rings is 1. The average molecular weight is 335 g/mol. The zero-order valence-electron chi connectivity index (χ0n) is 10.2. The predicted octanol–water partition coefficient (Wildman–Crippen LogP) is 2.73. The van der Waals surface area contributed by atoms with Crippen molar-refractivity contribution >= 4 is 33.3 Å². The molecule has 0 amide bonds. The number of hydrogen-bond acceptors (Lipinski definition) is 5. The molecule has 3 rings (SSSR count). The second-order valence-electron chi connectivity index (χ2n) is 4.39. The van der Waals surface area contributed by atoms with E-state index in [-0.39, 0.29) is 39.7 Å². The highest BCUT2D eigenvalue weighted by Gasteiger charge is 2.36. The lowest BCUT2D eigenvalue weighted by molar-refractivity contribution is 0.0945. The fourth-order valence-corrected chi connectivity index (χ4v) is 2.47. The number of fused-ring (bicyclic) bond motifs is 2. The van der Waals surface area contributed by atoms with Crippen LogP contribution in [0.3, 0.4) is 0 Å². The molecule has 100 valence electrons. The molecule has 0 radical (unpaired) electrons. The Labute approximate surface area is 121 Å². The highest BCUT2D eigenvalue weighted by atomic mass is 79.9. The van der Waals surface area contributed by atoms with Crippen molar-refractivity contribution in [3.8, 4) is 5.75 Å². The number of rotatable bonds is 1. The quantitative estimate of drug-likeness (QED) is 0.691. The molecular formula is C14H7BrO5. The summed E-state index contributed by atoms with van der Waals surface area (Å²) in [5, 5.41) is 9.96. The Hall–Kier alpha value is -2.21. The van der Waals surface area contributed by atoms with Crippen LogP contribution in [0.2, 0.25) is 0 Å². The third-order valence-corrected chi connectivity index (χ3v) is 3.77. The minimum Gasteiger partial charge on any atom is -0.506 e. The van der Waals surface area contributed by atoms with Crippen molar-refractivity contribution in [2.75, 3.05) is 0 Å². The number of ketones is 3. The molecule has 6 heteroatoms. The van der Waals surface area contributed by atoms with Crippen LogP contribution in [0, 0.1) is 0 Å². The first-order chi connectivity index (χ1) is 9.41. The van der Waals surface area contributed by atoms with Crippen LogP contribution in [0.1, 0.15) is 49.5 Å². The summed E-state index contributed by atoms with van der Waals surface area (Å²) in [6.45, 7) is 1.28. The molecule has 0 saturated heterocycles. The maximum Gasteiger partial charge on any atom is 0.229 e. The van der Waals surface area contributed by atoms with E-state index >= 15 is 0 Å². The van der Waals surface area contributed by atoms with Gasteiger partial charge >= 0.3 is 0 Å². The van der Waals surface area contributed by atoms with Gasteiger partial charge in [0, 0.05) is 12.5 Å². The van der Waals surface area contributed by atoms with E-state index in [1.165, 1.54) is 25.1 Å². The average Bonchev–Trinajstić information content (AvgIpc) is 2.85. The van der Waals surface area contributed by atoms with Gasteiger partial charge in [-0.2, -0.15) is 0 Å². The number of hydrogen-bond donors (Lipinski definition) is 1. The number of carbonyl (C=O) groups is 3. The van der Waals surface area contributed by atoms with Gasteiger partial charge in [-0.25, -0.2) is 0 Å². The Morgan fingerprint density at radius 2 is 1.90 bits per heavy atom. The largest absolute Gasteiger partial charge is 0.506 e. The first-order valence-electron chi connectivity index (χ1n) is 5.67. The molecule has 0 spiro atoms. The number of benzene rings is 1. The molecule has 1 aromatic heterocycles. The molecule has 1 aromatic carbocycles. The van der Waals surface area contributed by atoms with Crippen molar-refractivity contribution in [2.45, 2.75) is 6.92 Å². The molecular weight excluding hydrogens is 328 g/mol. The van der Waals surface area contributed by atoms with Crippen molar-refractivity contribution in [3.05, 3.63) is 50.9 Å². The lowest BCUT2D eigenvalue weighted by Crippen LogP contribution is -2.19. The van der Waals surface area contributed by atoms with Gasteiger partial charge in [-0.3, -0.25) is 14.4 Å². The van der Waals surface area contributed by atoms with Crippen molar-refractivity contribution in [2.24, 2.45) is 0 Å². The Morgan fingerprint density at radius 3 is 2.55 bits per heavy atom. The van der Waals surface area contributed by atoms with Crippen molar-refractivity contribution < 1.29 is 23.9 Å². The summed E-state index contributed by atoms with van der Waals surface area (Å²) in [5.74, 6) is -1.95. The van der Waals surface area contributed by atoms with E-state index in [1.807, 2.05) is 0 Å². The van der Waals surface area contributed by atoms with Gasteiger partial charge in [0.2, 0.25) is 11.6 Å². The van der Waals surface area contributed by atoms with Crippen LogP contribution in [0.15, 0.2) is 27.1 Å². The molecule has 5 nitrogen and oxygen atoms in total. The fraction of sp³-hybridized carbons (Fsp3) is 0.0714. The van der Waals surface area contributed by atoms with Gasteiger partial charge in [-0.1, -0.05) is 0 Å². The van der Waals surface area contributed by atoms with Crippen LogP contribution in [0.25, 0.3) is 0 Å². The van der Waals surface area contributed by atoms with Gasteiger partial charge in [0.25, 0.3) is 0 Å². The summed E-state index contributed by atoms with van der Waals surface area (Å²) < 4.78 is 5.48.